The first-order valence-electron chi connectivity index (χ1n) is 12.3. The molecule has 1 saturated heterocycles. The van der Waals surface area contributed by atoms with Crippen LogP contribution in [0.1, 0.15) is 20.7 Å². The molecule has 10 heteroatoms. The summed E-state index contributed by atoms with van der Waals surface area (Å²) < 4.78 is 4.67. The molecule has 0 aliphatic carbocycles. The predicted molar refractivity (Wildman–Crippen MR) is 148 cm³/mol. The quantitative estimate of drug-likeness (QED) is 0.371. The topological polar surface area (TPSA) is 99.3 Å². The number of hydrogen-bond acceptors (Lipinski definition) is 7. The molecule has 198 valence electrons. The molecule has 3 amide bonds. The molecule has 3 aromatic carbocycles. The number of methoxy groups -OCH3 is 1. The highest BCUT2D eigenvalue weighted by molar-refractivity contribution is 6.53. The highest BCUT2D eigenvalue weighted by Gasteiger charge is 2.39. The Morgan fingerprint density at radius 2 is 1.38 bits per heavy atom. The van der Waals surface area contributed by atoms with Gasteiger partial charge in [-0.15, -0.1) is 0 Å². The van der Waals surface area contributed by atoms with E-state index in [2.05, 4.69) is 27.1 Å². The summed E-state index contributed by atoms with van der Waals surface area (Å²) in [6, 6.07) is 22.6. The van der Waals surface area contributed by atoms with Gasteiger partial charge in [0.05, 0.1) is 18.4 Å². The monoisotopic (exact) mass is 544 g/mol. The van der Waals surface area contributed by atoms with Crippen LogP contribution in [0.2, 0.25) is 0 Å². The van der Waals surface area contributed by atoms with E-state index in [-0.39, 0.29) is 27.9 Å². The number of esters is 1. The highest BCUT2D eigenvalue weighted by atomic mass is 35.5. The molecule has 0 unspecified atom stereocenters. The van der Waals surface area contributed by atoms with Gasteiger partial charge < -0.3 is 19.9 Å². The summed E-state index contributed by atoms with van der Waals surface area (Å²) in [7, 11) is 1.26. The molecule has 0 radical (unpaired) electrons. The van der Waals surface area contributed by atoms with Crippen LogP contribution in [0.5, 0.6) is 0 Å². The number of nitrogens with one attached hydrogen (secondary N) is 1. The Kier molecular flexibility index (Phi) is 7.33. The second-order valence-corrected chi connectivity index (χ2v) is 9.37. The van der Waals surface area contributed by atoms with Crippen LogP contribution >= 0.6 is 11.6 Å². The van der Waals surface area contributed by atoms with E-state index in [1.807, 2.05) is 23.1 Å². The Hall–Kier alpha value is -4.63. The summed E-state index contributed by atoms with van der Waals surface area (Å²) in [5, 5.41) is 2.65. The van der Waals surface area contributed by atoms with Crippen molar-refractivity contribution in [1.29, 1.82) is 0 Å². The lowest BCUT2D eigenvalue weighted by Crippen LogP contribution is -2.48. The van der Waals surface area contributed by atoms with E-state index in [0.29, 0.717) is 24.3 Å². The molecule has 0 bridgehead atoms. The SMILES string of the molecule is COC(=O)c1ccc(N2C(=O)C(Cl)=C(Nc3ccc(C(=O)N4CCN(c5ccccc5)CC4)cc3)C2=O)cc1. The number of amides is 3. The van der Waals surface area contributed by atoms with Crippen molar-refractivity contribution in [3.8, 4) is 0 Å². The third kappa shape index (κ3) is 5.21. The van der Waals surface area contributed by atoms with Gasteiger partial charge in [-0.3, -0.25) is 14.4 Å². The van der Waals surface area contributed by atoms with E-state index in [0.717, 1.165) is 23.7 Å². The Balaban J connectivity index is 1.22. The fraction of sp³-hybridized carbons (Fsp3) is 0.172. The van der Waals surface area contributed by atoms with Crippen molar-refractivity contribution in [3.63, 3.8) is 0 Å². The van der Waals surface area contributed by atoms with E-state index in [1.165, 1.54) is 31.4 Å². The number of carbonyl (C=O) groups excluding carboxylic acids is 4. The van der Waals surface area contributed by atoms with Crippen molar-refractivity contribution in [2.75, 3.05) is 48.4 Å². The molecule has 1 N–H and O–H groups in total. The summed E-state index contributed by atoms with van der Waals surface area (Å²) in [5.41, 5.74) is 2.64. The number of halogens is 1. The van der Waals surface area contributed by atoms with Gasteiger partial charge in [0, 0.05) is 43.1 Å². The lowest BCUT2D eigenvalue weighted by Gasteiger charge is -2.36. The Morgan fingerprint density at radius 3 is 2.00 bits per heavy atom. The average Bonchev–Trinajstić information content (AvgIpc) is 3.20. The zero-order valence-corrected chi connectivity index (χ0v) is 21.9. The molecule has 0 saturated carbocycles. The van der Waals surface area contributed by atoms with Crippen molar-refractivity contribution >= 4 is 52.4 Å². The summed E-state index contributed by atoms with van der Waals surface area (Å²) in [6.45, 7) is 2.73. The third-order valence-electron chi connectivity index (χ3n) is 6.66. The van der Waals surface area contributed by atoms with Crippen LogP contribution in [0.4, 0.5) is 17.1 Å². The molecule has 5 rings (SSSR count). The van der Waals surface area contributed by atoms with E-state index < -0.39 is 17.8 Å². The molecule has 0 aromatic heterocycles. The van der Waals surface area contributed by atoms with Gasteiger partial charge in [-0.05, 0) is 60.7 Å². The van der Waals surface area contributed by atoms with Gasteiger partial charge in [0.15, 0.2) is 0 Å². The zero-order chi connectivity index (χ0) is 27.5. The molecule has 2 aliphatic heterocycles. The fourth-order valence-corrected chi connectivity index (χ4v) is 4.75. The second kappa shape index (κ2) is 11.0. The first-order valence-corrected chi connectivity index (χ1v) is 12.7. The summed E-state index contributed by atoms with van der Waals surface area (Å²) in [6.07, 6.45) is 0. The minimum Gasteiger partial charge on any atom is -0.465 e. The number of nitrogens with zero attached hydrogens (tertiary/aromatic N) is 3. The normalized spacial score (nSPS) is 15.6. The Morgan fingerprint density at radius 1 is 0.769 bits per heavy atom. The molecular weight excluding hydrogens is 520 g/mol. The minimum absolute atomic E-state index is 0.0693. The molecule has 39 heavy (non-hydrogen) atoms. The van der Waals surface area contributed by atoms with E-state index in [1.54, 1.807) is 24.3 Å². The number of imide groups is 1. The zero-order valence-electron chi connectivity index (χ0n) is 21.1. The number of carbonyl (C=O) groups is 4. The van der Waals surface area contributed by atoms with Gasteiger partial charge in [-0.2, -0.15) is 0 Å². The summed E-state index contributed by atoms with van der Waals surface area (Å²) >= 11 is 6.23. The second-order valence-electron chi connectivity index (χ2n) is 8.99. The fourth-order valence-electron chi connectivity index (χ4n) is 4.54. The maximum absolute atomic E-state index is 13.1. The van der Waals surface area contributed by atoms with Crippen molar-refractivity contribution < 1.29 is 23.9 Å². The van der Waals surface area contributed by atoms with Crippen LogP contribution in [-0.2, 0) is 14.3 Å². The van der Waals surface area contributed by atoms with E-state index >= 15 is 0 Å². The van der Waals surface area contributed by atoms with Crippen LogP contribution in [0.25, 0.3) is 0 Å². The van der Waals surface area contributed by atoms with Crippen LogP contribution in [0.15, 0.2) is 89.6 Å². The van der Waals surface area contributed by atoms with Gasteiger partial charge in [0.1, 0.15) is 10.7 Å². The number of ether oxygens (including phenoxy) is 1. The van der Waals surface area contributed by atoms with Crippen molar-refractivity contribution in [2.24, 2.45) is 0 Å². The standard InChI is InChI=1S/C29H25ClN4O5/c1-39-29(38)20-9-13-23(14-10-20)34-27(36)24(30)25(28(34)37)31-21-11-7-19(8-12-21)26(35)33-17-15-32(16-18-33)22-5-3-2-4-6-22/h2-14,31H,15-18H2,1H3. The lowest BCUT2D eigenvalue weighted by atomic mass is 10.1. The lowest BCUT2D eigenvalue weighted by molar-refractivity contribution is -0.120. The number of benzene rings is 3. The smallest absolute Gasteiger partial charge is 0.337 e. The predicted octanol–water partition coefficient (Wildman–Crippen LogP) is 3.87. The van der Waals surface area contributed by atoms with Crippen LogP contribution in [-0.4, -0.2) is 61.9 Å². The van der Waals surface area contributed by atoms with E-state index in [9.17, 15) is 19.2 Å². The first-order chi connectivity index (χ1) is 18.9. The van der Waals surface area contributed by atoms with Crippen molar-refractivity contribution in [1.82, 2.24) is 4.90 Å². The van der Waals surface area contributed by atoms with Gasteiger partial charge in [0.2, 0.25) is 0 Å². The van der Waals surface area contributed by atoms with Gasteiger partial charge >= 0.3 is 5.97 Å². The third-order valence-corrected chi connectivity index (χ3v) is 7.01. The number of anilines is 3. The molecule has 9 nitrogen and oxygen atoms in total. The molecule has 2 heterocycles. The molecule has 0 atom stereocenters. The average molecular weight is 545 g/mol. The Labute approximate surface area is 230 Å². The van der Waals surface area contributed by atoms with E-state index in [4.69, 9.17) is 11.6 Å². The highest BCUT2D eigenvalue weighted by Crippen LogP contribution is 2.30. The minimum atomic E-state index is -0.684. The van der Waals surface area contributed by atoms with Gasteiger partial charge in [0.25, 0.3) is 17.7 Å². The van der Waals surface area contributed by atoms with Crippen molar-refractivity contribution in [2.45, 2.75) is 0 Å². The Bertz CT molecular complexity index is 1450. The number of rotatable bonds is 6. The summed E-state index contributed by atoms with van der Waals surface area (Å²) in [5.74, 6) is -1.92. The maximum atomic E-state index is 13.1. The number of piperazine rings is 1. The van der Waals surface area contributed by atoms with Crippen LogP contribution < -0.4 is 15.1 Å². The number of para-hydroxylation sites is 1. The molecule has 3 aromatic rings. The van der Waals surface area contributed by atoms with Crippen molar-refractivity contribution in [3.05, 3.63) is 101 Å². The van der Waals surface area contributed by atoms with Gasteiger partial charge in [-0.25, -0.2) is 9.69 Å². The van der Waals surface area contributed by atoms with Crippen LogP contribution in [0, 0.1) is 0 Å². The molecule has 1 fully saturated rings. The molecule has 0 spiro atoms. The first kappa shape index (κ1) is 26.0. The molecule has 2 aliphatic rings. The van der Waals surface area contributed by atoms with Gasteiger partial charge in [-0.1, -0.05) is 29.8 Å². The van der Waals surface area contributed by atoms with Crippen LogP contribution in [0.3, 0.4) is 0 Å². The molecular formula is C29H25ClN4O5. The number of hydrogen-bond donors (Lipinski definition) is 1. The summed E-state index contributed by atoms with van der Waals surface area (Å²) in [4.78, 5) is 55.5. The largest absolute Gasteiger partial charge is 0.465 e. The maximum Gasteiger partial charge on any atom is 0.337 e.